The molecule has 0 saturated carbocycles. The van der Waals surface area contributed by atoms with Gasteiger partial charge in [-0.3, -0.25) is 4.79 Å². The molecular formula is C15H21N3O. The Balaban J connectivity index is 1.73. The molecule has 4 heteroatoms. The lowest BCUT2D eigenvalue weighted by molar-refractivity contribution is -0.129. The number of hydrogen-bond acceptors (Lipinski definition) is 3. The molecule has 19 heavy (non-hydrogen) atoms. The fourth-order valence-corrected chi connectivity index (χ4v) is 3.18. The Morgan fingerprint density at radius 1 is 1.21 bits per heavy atom. The van der Waals surface area contributed by atoms with Crippen LogP contribution in [-0.4, -0.2) is 43.0 Å². The highest BCUT2D eigenvalue weighted by Gasteiger charge is 2.28. The second kappa shape index (κ2) is 5.11. The highest BCUT2D eigenvalue weighted by molar-refractivity contribution is 5.74. The first-order valence-corrected chi connectivity index (χ1v) is 7.11. The molecule has 1 fully saturated rings. The van der Waals surface area contributed by atoms with E-state index in [2.05, 4.69) is 34.5 Å². The first-order chi connectivity index (χ1) is 9.25. The van der Waals surface area contributed by atoms with Gasteiger partial charge in [-0.2, -0.15) is 0 Å². The molecule has 2 aliphatic rings. The van der Waals surface area contributed by atoms with Gasteiger partial charge < -0.3 is 15.1 Å². The quantitative estimate of drug-likeness (QED) is 0.837. The number of fused-ring (bicyclic) bond motifs is 1. The summed E-state index contributed by atoms with van der Waals surface area (Å²) in [6.07, 6.45) is 2.15. The Morgan fingerprint density at radius 3 is 2.68 bits per heavy atom. The molecule has 3 rings (SSSR count). The number of benzene rings is 1. The first-order valence-electron chi connectivity index (χ1n) is 7.11. The summed E-state index contributed by atoms with van der Waals surface area (Å²) in [4.78, 5) is 15.9. The number of nitrogens with one attached hydrogen (secondary N) is 1. The summed E-state index contributed by atoms with van der Waals surface area (Å²) < 4.78 is 0. The molecule has 0 spiro atoms. The highest BCUT2D eigenvalue weighted by Crippen LogP contribution is 2.32. The largest absolute Gasteiger partial charge is 0.382 e. The molecule has 1 amide bonds. The highest BCUT2D eigenvalue weighted by atomic mass is 16.2. The summed E-state index contributed by atoms with van der Waals surface area (Å²) in [6, 6.07) is 9.08. The molecule has 0 aliphatic carbocycles. The summed E-state index contributed by atoms with van der Waals surface area (Å²) in [5.41, 5.74) is 2.55. The number of rotatable bonds is 1. The van der Waals surface area contributed by atoms with Gasteiger partial charge in [0.15, 0.2) is 0 Å². The average molecular weight is 259 g/mol. The zero-order valence-corrected chi connectivity index (χ0v) is 11.4. The van der Waals surface area contributed by atoms with Gasteiger partial charge in [0.2, 0.25) is 5.91 Å². The van der Waals surface area contributed by atoms with E-state index in [-0.39, 0.29) is 5.91 Å². The zero-order chi connectivity index (χ0) is 13.2. The van der Waals surface area contributed by atoms with E-state index >= 15 is 0 Å². The molecule has 2 aliphatic heterocycles. The Kier molecular flexibility index (Phi) is 3.32. The van der Waals surface area contributed by atoms with Crippen molar-refractivity contribution in [1.29, 1.82) is 0 Å². The van der Waals surface area contributed by atoms with Gasteiger partial charge in [-0.1, -0.05) is 12.1 Å². The Morgan fingerprint density at radius 2 is 1.95 bits per heavy atom. The summed E-state index contributed by atoms with van der Waals surface area (Å²) in [5, 5.41) is 3.45. The standard InChI is InChI=1S/C15H21N3O/c1-12(19)17-9-6-13(7-10-17)18-11-8-16-14-4-2-3-5-15(14)18/h2-5,13,16H,6-11H2,1H3. The maximum Gasteiger partial charge on any atom is 0.219 e. The summed E-state index contributed by atoms with van der Waals surface area (Å²) in [6.45, 7) is 5.52. The Bertz CT molecular complexity index is 466. The smallest absolute Gasteiger partial charge is 0.219 e. The maximum absolute atomic E-state index is 11.4. The predicted molar refractivity (Wildman–Crippen MR) is 77.6 cm³/mol. The van der Waals surface area contributed by atoms with E-state index in [1.54, 1.807) is 6.92 Å². The van der Waals surface area contributed by atoms with Gasteiger partial charge in [0.05, 0.1) is 11.4 Å². The molecule has 0 radical (unpaired) electrons. The monoisotopic (exact) mass is 259 g/mol. The fourth-order valence-electron chi connectivity index (χ4n) is 3.18. The van der Waals surface area contributed by atoms with E-state index in [1.165, 1.54) is 11.4 Å². The molecule has 1 aromatic rings. The van der Waals surface area contributed by atoms with Crippen LogP contribution in [-0.2, 0) is 4.79 Å². The normalized spacial score (nSPS) is 19.8. The van der Waals surface area contributed by atoms with Crippen LogP contribution in [0.25, 0.3) is 0 Å². The van der Waals surface area contributed by atoms with Crippen molar-refractivity contribution in [1.82, 2.24) is 4.90 Å². The molecule has 102 valence electrons. The van der Waals surface area contributed by atoms with Gasteiger partial charge in [0.1, 0.15) is 0 Å². The van der Waals surface area contributed by atoms with Crippen LogP contribution in [0.2, 0.25) is 0 Å². The molecule has 4 nitrogen and oxygen atoms in total. The Labute approximate surface area is 114 Å². The second-order valence-electron chi connectivity index (χ2n) is 5.37. The van der Waals surface area contributed by atoms with Crippen molar-refractivity contribution in [3.05, 3.63) is 24.3 Å². The lowest BCUT2D eigenvalue weighted by atomic mass is 10.0. The molecule has 2 heterocycles. The van der Waals surface area contributed by atoms with Crippen molar-refractivity contribution in [3.63, 3.8) is 0 Å². The molecule has 0 aromatic heterocycles. The van der Waals surface area contributed by atoms with Gasteiger partial charge in [0, 0.05) is 39.1 Å². The van der Waals surface area contributed by atoms with E-state index < -0.39 is 0 Å². The minimum atomic E-state index is 0.208. The van der Waals surface area contributed by atoms with Crippen molar-refractivity contribution in [2.75, 3.05) is 36.4 Å². The van der Waals surface area contributed by atoms with E-state index in [0.29, 0.717) is 6.04 Å². The number of nitrogens with zero attached hydrogens (tertiary/aromatic N) is 2. The van der Waals surface area contributed by atoms with Crippen molar-refractivity contribution < 1.29 is 4.79 Å². The minimum Gasteiger partial charge on any atom is -0.382 e. The second-order valence-corrected chi connectivity index (χ2v) is 5.37. The third kappa shape index (κ3) is 2.39. The van der Waals surface area contributed by atoms with Gasteiger partial charge in [-0.05, 0) is 25.0 Å². The number of anilines is 2. The molecule has 1 N–H and O–H groups in total. The molecular weight excluding hydrogens is 238 g/mol. The van der Waals surface area contributed by atoms with Crippen molar-refractivity contribution in [2.24, 2.45) is 0 Å². The van der Waals surface area contributed by atoms with Gasteiger partial charge >= 0.3 is 0 Å². The molecule has 1 saturated heterocycles. The zero-order valence-electron chi connectivity index (χ0n) is 11.4. The number of amides is 1. The third-order valence-electron chi connectivity index (χ3n) is 4.23. The van der Waals surface area contributed by atoms with Gasteiger partial charge in [-0.25, -0.2) is 0 Å². The topological polar surface area (TPSA) is 35.6 Å². The average Bonchev–Trinajstić information content (AvgIpc) is 2.47. The number of piperidine rings is 1. The fraction of sp³-hybridized carbons (Fsp3) is 0.533. The van der Waals surface area contributed by atoms with E-state index in [0.717, 1.165) is 39.0 Å². The maximum atomic E-state index is 11.4. The molecule has 1 aromatic carbocycles. The minimum absolute atomic E-state index is 0.208. The van der Waals surface area contributed by atoms with E-state index in [4.69, 9.17) is 0 Å². The van der Waals surface area contributed by atoms with Crippen molar-refractivity contribution in [3.8, 4) is 0 Å². The first kappa shape index (κ1) is 12.3. The lowest BCUT2D eigenvalue weighted by Crippen LogP contribution is -2.49. The lowest BCUT2D eigenvalue weighted by Gasteiger charge is -2.42. The SMILES string of the molecule is CC(=O)N1CCC(N2CCNc3ccccc32)CC1. The van der Waals surface area contributed by atoms with Crippen LogP contribution in [0, 0.1) is 0 Å². The number of para-hydroxylation sites is 2. The number of hydrogen-bond donors (Lipinski definition) is 1. The number of likely N-dealkylation sites (tertiary alicyclic amines) is 1. The van der Waals surface area contributed by atoms with Gasteiger partial charge in [-0.15, -0.1) is 0 Å². The molecule has 0 unspecified atom stereocenters. The van der Waals surface area contributed by atoms with Crippen LogP contribution in [0.15, 0.2) is 24.3 Å². The number of carbonyl (C=O) groups is 1. The van der Waals surface area contributed by atoms with E-state index in [9.17, 15) is 4.79 Å². The van der Waals surface area contributed by atoms with Gasteiger partial charge in [0.25, 0.3) is 0 Å². The van der Waals surface area contributed by atoms with E-state index in [1.807, 2.05) is 4.90 Å². The summed E-state index contributed by atoms with van der Waals surface area (Å²) in [7, 11) is 0. The number of carbonyl (C=O) groups excluding carboxylic acids is 1. The summed E-state index contributed by atoms with van der Waals surface area (Å²) in [5.74, 6) is 0.208. The van der Waals surface area contributed by atoms with Crippen molar-refractivity contribution >= 4 is 17.3 Å². The predicted octanol–water partition coefficient (Wildman–Crippen LogP) is 1.93. The van der Waals surface area contributed by atoms with Crippen LogP contribution in [0.1, 0.15) is 19.8 Å². The molecule has 0 bridgehead atoms. The van der Waals surface area contributed by atoms with Crippen LogP contribution in [0.5, 0.6) is 0 Å². The summed E-state index contributed by atoms with van der Waals surface area (Å²) >= 11 is 0. The van der Waals surface area contributed by atoms with Crippen LogP contribution in [0.4, 0.5) is 11.4 Å². The van der Waals surface area contributed by atoms with Crippen molar-refractivity contribution in [2.45, 2.75) is 25.8 Å². The Hall–Kier alpha value is -1.71. The third-order valence-corrected chi connectivity index (χ3v) is 4.23. The molecule has 0 atom stereocenters. The van der Waals surface area contributed by atoms with Crippen LogP contribution in [0.3, 0.4) is 0 Å². The van der Waals surface area contributed by atoms with Crippen LogP contribution >= 0.6 is 0 Å². The van der Waals surface area contributed by atoms with Crippen LogP contribution < -0.4 is 10.2 Å².